The molecule has 1 atom stereocenters. The molecule has 5 rings (SSSR count). The van der Waals surface area contributed by atoms with E-state index in [1.165, 1.54) is 19.3 Å². The minimum atomic E-state index is -0.0748. The van der Waals surface area contributed by atoms with E-state index in [4.69, 9.17) is 9.15 Å². The Morgan fingerprint density at radius 2 is 2.03 bits per heavy atom. The van der Waals surface area contributed by atoms with Gasteiger partial charge >= 0.3 is 0 Å². The average molecular weight is 491 g/mol. The van der Waals surface area contributed by atoms with E-state index in [2.05, 4.69) is 39.3 Å². The summed E-state index contributed by atoms with van der Waals surface area (Å²) in [5.41, 5.74) is 1.44. The molecule has 0 saturated heterocycles. The SMILES string of the molecule is COc1ccc2cc(CN(C3CCCCC3)[C@H](c3nnnn3Cc3ccco3)C(C)C)c(=O)[nH]c2c1. The van der Waals surface area contributed by atoms with E-state index in [0.29, 0.717) is 19.1 Å². The summed E-state index contributed by atoms with van der Waals surface area (Å²) in [6.45, 7) is 5.39. The van der Waals surface area contributed by atoms with Crippen molar-refractivity contribution in [1.29, 1.82) is 0 Å². The highest BCUT2D eigenvalue weighted by atomic mass is 16.5. The molecule has 1 saturated carbocycles. The maximum atomic E-state index is 13.2. The number of nitrogens with one attached hydrogen (secondary N) is 1. The lowest BCUT2D eigenvalue weighted by Gasteiger charge is -2.41. The summed E-state index contributed by atoms with van der Waals surface area (Å²) in [6.07, 6.45) is 7.51. The van der Waals surface area contributed by atoms with Crippen LogP contribution in [0.15, 0.2) is 51.9 Å². The van der Waals surface area contributed by atoms with Gasteiger partial charge in [-0.15, -0.1) is 5.10 Å². The molecule has 1 fully saturated rings. The quantitative estimate of drug-likeness (QED) is 0.363. The number of rotatable bonds is 9. The van der Waals surface area contributed by atoms with E-state index in [1.807, 2.05) is 41.1 Å². The van der Waals surface area contributed by atoms with Gasteiger partial charge in [0.25, 0.3) is 5.56 Å². The number of hydrogen-bond acceptors (Lipinski definition) is 7. The standard InChI is InChI=1S/C27H34N6O3/c1-18(2)25(26-29-30-31-33(26)17-23-10-7-13-36-23)32(21-8-5-4-6-9-21)16-20-14-19-11-12-22(35-3)15-24(19)28-27(20)34/h7,10-15,18,21,25H,4-6,8-9,16-17H2,1-3H3,(H,28,34)/t25-/m0/s1. The Morgan fingerprint density at radius 1 is 1.19 bits per heavy atom. The van der Waals surface area contributed by atoms with E-state index < -0.39 is 0 Å². The van der Waals surface area contributed by atoms with Crippen LogP contribution in [0.5, 0.6) is 5.75 Å². The Labute approximate surface area is 210 Å². The van der Waals surface area contributed by atoms with Crippen LogP contribution in [0.1, 0.15) is 69.1 Å². The second-order valence-corrected chi connectivity index (χ2v) is 10.0. The molecule has 9 nitrogen and oxygen atoms in total. The number of benzene rings is 1. The highest BCUT2D eigenvalue weighted by molar-refractivity contribution is 5.80. The fraction of sp³-hybridized carbons (Fsp3) is 0.481. The summed E-state index contributed by atoms with van der Waals surface area (Å²) in [4.78, 5) is 18.8. The van der Waals surface area contributed by atoms with Crippen LogP contribution in [0.4, 0.5) is 0 Å². The predicted molar refractivity (Wildman–Crippen MR) is 137 cm³/mol. The third kappa shape index (κ3) is 5.06. The smallest absolute Gasteiger partial charge is 0.252 e. The van der Waals surface area contributed by atoms with Gasteiger partial charge in [0.15, 0.2) is 5.82 Å². The summed E-state index contributed by atoms with van der Waals surface area (Å²) in [6, 6.07) is 11.9. The van der Waals surface area contributed by atoms with Crippen LogP contribution in [0.25, 0.3) is 10.9 Å². The van der Waals surface area contributed by atoms with Crippen LogP contribution in [0.3, 0.4) is 0 Å². The van der Waals surface area contributed by atoms with Gasteiger partial charge in [0.1, 0.15) is 18.1 Å². The van der Waals surface area contributed by atoms with Crippen LogP contribution in [-0.4, -0.2) is 43.2 Å². The molecule has 1 aliphatic carbocycles. The first kappa shape index (κ1) is 24.2. The Bertz CT molecular complexity index is 1340. The van der Waals surface area contributed by atoms with Crippen molar-refractivity contribution in [2.75, 3.05) is 7.11 Å². The molecule has 4 aromatic rings. The molecule has 190 valence electrons. The molecule has 36 heavy (non-hydrogen) atoms. The maximum Gasteiger partial charge on any atom is 0.252 e. The van der Waals surface area contributed by atoms with Crippen molar-refractivity contribution >= 4 is 10.9 Å². The van der Waals surface area contributed by atoms with Crippen LogP contribution in [0.2, 0.25) is 0 Å². The molecule has 0 bridgehead atoms. The number of ether oxygens (including phenoxy) is 1. The van der Waals surface area contributed by atoms with Gasteiger partial charge in [-0.05, 0) is 64.9 Å². The normalized spacial score (nSPS) is 15.7. The molecule has 0 aliphatic heterocycles. The van der Waals surface area contributed by atoms with Gasteiger partial charge in [-0.25, -0.2) is 4.68 Å². The van der Waals surface area contributed by atoms with E-state index in [9.17, 15) is 4.79 Å². The molecular weight excluding hydrogens is 456 g/mol. The second kappa shape index (κ2) is 10.7. The number of furan rings is 1. The minimum absolute atomic E-state index is 0.0518. The fourth-order valence-electron chi connectivity index (χ4n) is 5.45. The van der Waals surface area contributed by atoms with Crippen LogP contribution < -0.4 is 10.3 Å². The first-order valence-electron chi connectivity index (χ1n) is 12.8. The number of pyridine rings is 1. The first-order valence-corrected chi connectivity index (χ1v) is 12.8. The van der Waals surface area contributed by atoms with Crippen molar-refractivity contribution in [1.82, 2.24) is 30.1 Å². The lowest BCUT2D eigenvalue weighted by Crippen LogP contribution is -2.43. The van der Waals surface area contributed by atoms with E-state index in [0.717, 1.165) is 46.6 Å². The number of methoxy groups -OCH3 is 1. The number of nitrogens with zero attached hydrogens (tertiary/aromatic N) is 5. The molecule has 3 aromatic heterocycles. The van der Waals surface area contributed by atoms with Crippen LogP contribution >= 0.6 is 0 Å². The lowest BCUT2D eigenvalue weighted by molar-refractivity contribution is 0.0610. The molecular formula is C27H34N6O3. The zero-order valence-electron chi connectivity index (χ0n) is 21.2. The number of H-pyrrole nitrogens is 1. The summed E-state index contributed by atoms with van der Waals surface area (Å²) in [7, 11) is 1.63. The van der Waals surface area contributed by atoms with Gasteiger partial charge in [-0.3, -0.25) is 9.69 Å². The number of tetrazole rings is 1. The van der Waals surface area contributed by atoms with Gasteiger partial charge in [0.2, 0.25) is 0 Å². The lowest BCUT2D eigenvalue weighted by atomic mass is 9.90. The van der Waals surface area contributed by atoms with Crippen molar-refractivity contribution in [3.63, 3.8) is 0 Å². The van der Waals surface area contributed by atoms with Crippen molar-refractivity contribution in [2.24, 2.45) is 5.92 Å². The van der Waals surface area contributed by atoms with Crippen LogP contribution in [-0.2, 0) is 13.1 Å². The third-order valence-electron chi connectivity index (χ3n) is 7.23. The monoisotopic (exact) mass is 490 g/mol. The number of fused-ring (bicyclic) bond motifs is 1. The minimum Gasteiger partial charge on any atom is -0.497 e. The highest BCUT2D eigenvalue weighted by Gasteiger charge is 2.35. The summed E-state index contributed by atoms with van der Waals surface area (Å²) < 4.78 is 12.7. The Kier molecular flexibility index (Phi) is 7.18. The van der Waals surface area contributed by atoms with Crippen molar-refractivity contribution in [3.05, 3.63) is 70.2 Å². The third-order valence-corrected chi connectivity index (χ3v) is 7.23. The molecule has 1 aromatic carbocycles. The molecule has 0 amide bonds. The molecule has 9 heteroatoms. The Hall–Kier alpha value is -3.46. The zero-order chi connectivity index (χ0) is 25.1. The molecule has 1 N–H and O–H groups in total. The van der Waals surface area contributed by atoms with Gasteiger partial charge in [0.05, 0.1) is 24.9 Å². The molecule has 1 aliphatic rings. The van der Waals surface area contributed by atoms with Gasteiger partial charge in [-0.1, -0.05) is 33.1 Å². The molecule has 0 radical (unpaired) electrons. The average Bonchev–Trinajstić information content (AvgIpc) is 3.57. The van der Waals surface area contributed by atoms with Gasteiger partial charge < -0.3 is 14.1 Å². The van der Waals surface area contributed by atoms with E-state index in [1.54, 1.807) is 13.4 Å². The maximum absolute atomic E-state index is 13.2. The summed E-state index contributed by atoms with van der Waals surface area (Å²) >= 11 is 0. The van der Waals surface area contributed by atoms with Crippen molar-refractivity contribution in [2.45, 2.75) is 71.1 Å². The van der Waals surface area contributed by atoms with Crippen molar-refractivity contribution < 1.29 is 9.15 Å². The Balaban J connectivity index is 1.53. The highest BCUT2D eigenvalue weighted by Crippen LogP contribution is 2.35. The number of aromatic nitrogens is 5. The molecule has 0 spiro atoms. The van der Waals surface area contributed by atoms with Crippen molar-refractivity contribution in [3.8, 4) is 5.75 Å². The first-order chi connectivity index (χ1) is 17.5. The summed E-state index contributed by atoms with van der Waals surface area (Å²) in [5, 5.41) is 13.8. The van der Waals surface area contributed by atoms with E-state index >= 15 is 0 Å². The fourth-order valence-corrected chi connectivity index (χ4v) is 5.45. The van der Waals surface area contributed by atoms with E-state index in [-0.39, 0.29) is 17.5 Å². The topological polar surface area (TPSA) is 102 Å². The number of aromatic amines is 1. The zero-order valence-corrected chi connectivity index (χ0v) is 21.2. The Morgan fingerprint density at radius 3 is 2.75 bits per heavy atom. The predicted octanol–water partition coefficient (Wildman–Crippen LogP) is 4.70. The molecule has 0 unspecified atom stereocenters. The van der Waals surface area contributed by atoms with Gasteiger partial charge in [-0.2, -0.15) is 0 Å². The van der Waals surface area contributed by atoms with Gasteiger partial charge in [0, 0.05) is 24.2 Å². The molecule has 3 heterocycles. The van der Waals surface area contributed by atoms with Crippen LogP contribution in [0, 0.1) is 5.92 Å². The largest absolute Gasteiger partial charge is 0.497 e. The summed E-state index contributed by atoms with van der Waals surface area (Å²) in [5.74, 6) is 2.56. The second-order valence-electron chi connectivity index (χ2n) is 10.0. The number of hydrogen-bond donors (Lipinski definition) is 1.